The fourth-order valence-electron chi connectivity index (χ4n) is 3.19. The normalized spacial score (nSPS) is 25.8. The fraction of sp³-hybridized carbons (Fsp3) is 0.400. The molecule has 1 heterocycles. The van der Waals surface area contributed by atoms with Crippen molar-refractivity contribution in [1.82, 2.24) is 0 Å². The first-order valence-electron chi connectivity index (χ1n) is 6.51. The Labute approximate surface area is 121 Å². The van der Waals surface area contributed by atoms with E-state index in [9.17, 15) is 14.4 Å². The summed E-state index contributed by atoms with van der Waals surface area (Å²) in [7, 11) is 2.59. The van der Waals surface area contributed by atoms with E-state index in [1.165, 1.54) is 14.2 Å². The second kappa shape index (κ2) is 4.58. The van der Waals surface area contributed by atoms with E-state index in [2.05, 4.69) is 4.74 Å². The molecule has 2 aliphatic rings. The van der Waals surface area contributed by atoms with Crippen molar-refractivity contribution < 1.29 is 28.6 Å². The first-order chi connectivity index (χ1) is 10.0. The average molecular weight is 290 g/mol. The molecule has 110 valence electrons. The molecule has 1 saturated heterocycles. The zero-order chi connectivity index (χ0) is 15.2. The highest BCUT2D eigenvalue weighted by Crippen LogP contribution is 2.55. The molecular weight excluding hydrogens is 276 g/mol. The van der Waals surface area contributed by atoms with E-state index >= 15 is 0 Å². The predicted molar refractivity (Wildman–Crippen MR) is 69.4 cm³/mol. The van der Waals surface area contributed by atoms with Gasteiger partial charge in [0.15, 0.2) is 0 Å². The third-order valence-corrected chi connectivity index (χ3v) is 4.16. The van der Waals surface area contributed by atoms with E-state index in [0.29, 0.717) is 17.5 Å². The molecule has 1 aromatic carbocycles. The van der Waals surface area contributed by atoms with Crippen LogP contribution in [0.3, 0.4) is 0 Å². The van der Waals surface area contributed by atoms with Crippen LogP contribution in [0.1, 0.15) is 34.0 Å². The Morgan fingerprint density at radius 1 is 1.24 bits per heavy atom. The van der Waals surface area contributed by atoms with Crippen LogP contribution in [0.2, 0.25) is 0 Å². The molecule has 0 bridgehead atoms. The number of rotatable bonds is 2. The summed E-state index contributed by atoms with van der Waals surface area (Å²) < 4.78 is 14.9. The zero-order valence-corrected chi connectivity index (χ0v) is 11.7. The highest BCUT2D eigenvalue weighted by atomic mass is 16.6. The molecule has 1 aromatic rings. The molecule has 6 heteroatoms. The topological polar surface area (TPSA) is 78.9 Å². The molecule has 6 nitrogen and oxygen atoms in total. The SMILES string of the molecule is COC(=O)c1ccc2c(c1)C1OC(=O)CC1(C(=O)OC)C2. The smallest absolute Gasteiger partial charge is 0.337 e. The van der Waals surface area contributed by atoms with Crippen molar-refractivity contribution in [1.29, 1.82) is 0 Å². The molecule has 0 N–H and O–H groups in total. The molecule has 0 saturated carbocycles. The Kier molecular flexibility index (Phi) is 2.97. The maximum absolute atomic E-state index is 12.2. The average Bonchev–Trinajstić information content (AvgIpc) is 2.97. The second-order valence-corrected chi connectivity index (χ2v) is 5.28. The maximum Gasteiger partial charge on any atom is 0.337 e. The van der Waals surface area contributed by atoms with Crippen molar-refractivity contribution in [3.05, 3.63) is 34.9 Å². The van der Waals surface area contributed by atoms with Crippen molar-refractivity contribution in [2.24, 2.45) is 5.41 Å². The molecule has 1 aliphatic heterocycles. The highest BCUT2D eigenvalue weighted by Gasteiger charge is 2.60. The number of carbonyl (C=O) groups is 3. The molecule has 0 aromatic heterocycles. The van der Waals surface area contributed by atoms with Gasteiger partial charge in [-0.1, -0.05) is 6.07 Å². The first kappa shape index (κ1) is 13.6. The lowest BCUT2D eigenvalue weighted by atomic mass is 9.81. The molecule has 1 fully saturated rings. The second-order valence-electron chi connectivity index (χ2n) is 5.28. The van der Waals surface area contributed by atoms with E-state index in [1.807, 2.05) is 0 Å². The van der Waals surface area contributed by atoms with Crippen LogP contribution in [-0.2, 0) is 30.2 Å². The molecule has 0 radical (unpaired) electrons. The molecule has 21 heavy (non-hydrogen) atoms. The van der Waals surface area contributed by atoms with Gasteiger partial charge in [0.05, 0.1) is 26.2 Å². The quantitative estimate of drug-likeness (QED) is 0.601. The summed E-state index contributed by atoms with van der Waals surface area (Å²) in [6.45, 7) is 0. The van der Waals surface area contributed by atoms with Crippen LogP contribution < -0.4 is 0 Å². The number of esters is 3. The highest BCUT2D eigenvalue weighted by molar-refractivity contribution is 5.92. The van der Waals surface area contributed by atoms with Crippen molar-refractivity contribution in [2.75, 3.05) is 14.2 Å². The van der Waals surface area contributed by atoms with Gasteiger partial charge in [-0.05, 0) is 29.7 Å². The number of carbonyl (C=O) groups excluding carboxylic acids is 3. The van der Waals surface area contributed by atoms with E-state index in [-0.39, 0.29) is 6.42 Å². The van der Waals surface area contributed by atoms with Gasteiger partial charge in [0.2, 0.25) is 0 Å². The molecule has 3 rings (SSSR count). The molecule has 1 aliphatic carbocycles. The Hall–Kier alpha value is -2.37. The van der Waals surface area contributed by atoms with E-state index in [1.54, 1.807) is 18.2 Å². The number of hydrogen-bond donors (Lipinski definition) is 0. The summed E-state index contributed by atoms with van der Waals surface area (Å²) in [5.74, 6) is -1.37. The lowest BCUT2D eigenvalue weighted by Crippen LogP contribution is -2.33. The fourth-order valence-corrected chi connectivity index (χ4v) is 3.19. The standard InChI is InChI=1S/C15H14O6/c1-19-13(17)8-3-4-9-6-15(14(18)20-2)7-11(16)21-12(15)10(9)5-8/h3-5,12H,6-7H2,1-2H3. The third kappa shape index (κ3) is 1.82. The Bertz CT molecular complexity index is 650. The van der Waals surface area contributed by atoms with Crippen molar-refractivity contribution >= 4 is 17.9 Å². The van der Waals surface area contributed by atoms with Crippen LogP contribution >= 0.6 is 0 Å². The molecule has 2 unspecified atom stereocenters. The van der Waals surface area contributed by atoms with Gasteiger partial charge in [-0.3, -0.25) is 9.59 Å². The van der Waals surface area contributed by atoms with Gasteiger partial charge in [-0.25, -0.2) is 4.79 Å². The lowest BCUT2D eigenvalue weighted by molar-refractivity contribution is -0.155. The van der Waals surface area contributed by atoms with Crippen molar-refractivity contribution in [3.8, 4) is 0 Å². The van der Waals surface area contributed by atoms with Gasteiger partial charge in [0, 0.05) is 0 Å². The van der Waals surface area contributed by atoms with Crippen LogP contribution in [0, 0.1) is 5.41 Å². The number of fused-ring (bicyclic) bond motifs is 3. The molecule has 0 amide bonds. The minimum Gasteiger partial charge on any atom is -0.468 e. The summed E-state index contributed by atoms with van der Waals surface area (Å²) in [6, 6.07) is 5.02. The van der Waals surface area contributed by atoms with Gasteiger partial charge in [-0.15, -0.1) is 0 Å². The molecule has 2 atom stereocenters. The predicted octanol–water partition coefficient (Wildman–Crippen LogP) is 1.18. The van der Waals surface area contributed by atoms with Crippen LogP contribution in [0.4, 0.5) is 0 Å². The van der Waals surface area contributed by atoms with E-state index in [4.69, 9.17) is 9.47 Å². The Morgan fingerprint density at radius 2 is 2.00 bits per heavy atom. The third-order valence-electron chi connectivity index (χ3n) is 4.16. The largest absolute Gasteiger partial charge is 0.468 e. The molecular formula is C15H14O6. The van der Waals surface area contributed by atoms with E-state index < -0.39 is 29.4 Å². The minimum absolute atomic E-state index is 0.00736. The monoisotopic (exact) mass is 290 g/mol. The summed E-state index contributed by atoms with van der Waals surface area (Å²) in [5, 5.41) is 0. The number of methoxy groups -OCH3 is 2. The number of hydrogen-bond acceptors (Lipinski definition) is 6. The molecule has 0 spiro atoms. The van der Waals surface area contributed by atoms with Gasteiger partial charge >= 0.3 is 17.9 Å². The van der Waals surface area contributed by atoms with Crippen molar-refractivity contribution in [2.45, 2.75) is 18.9 Å². The minimum atomic E-state index is -1.01. The van der Waals surface area contributed by atoms with Crippen LogP contribution in [0.15, 0.2) is 18.2 Å². The van der Waals surface area contributed by atoms with Crippen LogP contribution in [0.5, 0.6) is 0 Å². The first-order valence-corrected chi connectivity index (χ1v) is 6.51. The lowest BCUT2D eigenvalue weighted by Gasteiger charge is -2.22. The van der Waals surface area contributed by atoms with Crippen LogP contribution in [0.25, 0.3) is 0 Å². The van der Waals surface area contributed by atoms with Gasteiger partial charge in [-0.2, -0.15) is 0 Å². The zero-order valence-electron chi connectivity index (χ0n) is 11.7. The van der Waals surface area contributed by atoms with Crippen molar-refractivity contribution in [3.63, 3.8) is 0 Å². The summed E-state index contributed by atoms with van der Waals surface area (Å²) >= 11 is 0. The summed E-state index contributed by atoms with van der Waals surface area (Å²) in [5.41, 5.74) is 0.905. The number of ether oxygens (including phenoxy) is 3. The number of benzene rings is 1. The Morgan fingerprint density at radius 3 is 2.67 bits per heavy atom. The van der Waals surface area contributed by atoms with Gasteiger partial charge in [0.1, 0.15) is 11.5 Å². The van der Waals surface area contributed by atoms with Gasteiger partial charge in [0.25, 0.3) is 0 Å². The summed E-state index contributed by atoms with van der Waals surface area (Å²) in [4.78, 5) is 35.4. The van der Waals surface area contributed by atoms with E-state index in [0.717, 1.165) is 5.56 Å². The van der Waals surface area contributed by atoms with Crippen LogP contribution in [-0.4, -0.2) is 32.1 Å². The van der Waals surface area contributed by atoms with Gasteiger partial charge < -0.3 is 14.2 Å². The maximum atomic E-state index is 12.2. The summed E-state index contributed by atoms with van der Waals surface area (Å²) in [6.07, 6.45) is -0.337. The Balaban J connectivity index is 2.07.